The highest BCUT2D eigenvalue weighted by molar-refractivity contribution is 9.10. The maximum absolute atomic E-state index is 12.2. The summed E-state index contributed by atoms with van der Waals surface area (Å²) in [6.07, 6.45) is 5.03. The first-order valence-corrected chi connectivity index (χ1v) is 10.7. The number of ether oxygens (including phenoxy) is 1. The van der Waals surface area contributed by atoms with Crippen LogP contribution in [-0.2, 0) is 11.8 Å². The Morgan fingerprint density at radius 3 is 3.00 bits per heavy atom. The quantitative estimate of drug-likeness (QED) is 0.681. The van der Waals surface area contributed by atoms with Crippen LogP contribution < -0.4 is 10.1 Å². The number of nitrogens with one attached hydrogen (secondary N) is 1. The molecule has 0 amide bonds. The third-order valence-electron chi connectivity index (χ3n) is 7.72. The Hall–Kier alpha value is -0.820. The van der Waals surface area contributed by atoms with Crippen molar-refractivity contribution in [2.75, 3.05) is 26.2 Å². The molecule has 0 unspecified atom stereocenters. The van der Waals surface area contributed by atoms with Gasteiger partial charge in [-0.05, 0) is 78.7 Å². The molecule has 1 aromatic rings. The second-order valence-corrected chi connectivity index (χ2v) is 9.79. The summed E-state index contributed by atoms with van der Waals surface area (Å²) in [5.74, 6) is 1.61. The van der Waals surface area contributed by atoms with E-state index in [1.54, 1.807) is 0 Å². The minimum atomic E-state index is -0.799. The molecular weight excluding hydrogens is 396 g/mol. The number of likely N-dealkylation sites (tertiary alicyclic amines) is 1. The fourth-order valence-corrected chi connectivity index (χ4v) is 6.84. The maximum atomic E-state index is 12.2. The molecule has 1 saturated carbocycles. The van der Waals surface area contributed by atoms with Crippen LogP contribution in [0.2, 0.25) is 0 Å². The number of rotatable bonds is 2. The predicted molar refractivity (Wildman–Crippen MR) is 101 cm³/mol. The molecule has 2 bridgehead atoms. The summed E-state index contributed by atoms with van der Waals surface area (Å²) in [6.45, 7) is 3.67. The van der Waals surface area contributed by atoms with Gasteiger partial charge in [-0.25, -0.2) is 0 Å². The van der Waals surface area contributed by atoms with Crippen LogP contribution in [0.4, 0.5) is 0 Å². The third-order valence-corrected chi connectivity index (χ3v) is 8.32. The van der Waals surface area contributed by atoms with E-state index in [1.165, 1.54) is 18.4 Å². The van der Waals surface area contributed by atoms with Crippen molar-refractivity contribution in [3.8, 4) is 11.5 Å². The number of piperidine rings is 1. The van der Waals surface area contributed by atoms with E-state index in [-0.39, 0.29) is 17.9 Å². The van der Waals surface area contributed by atoms with Crippen molar-refractivity contribution in [1.29, 1.82) is 0 Å². The molecule has 140 valence electrons. The highest BCUT2D eigenvalue weighted by Gasteiger charge is 2.70. The number of phenolic OH excluding ortho intramolecular Hbond substituents is 1. The first kappa shape index (κ1) is 16.2. The molecule has 0 radical (unpaired) electrons. The second kappa shape index (κ2) is 5.16. The molecule has 0 aromatic heterocycles. The van der Waals surface area contributed by atoms with Gasteiger partial charge < -0.3 is 20.3 Å². The van der Waals surface area contributed by atoms with Crippen molar-refractivity contribution >= 4 is 15.9 Å². The number of hydrogen-bond donors (Lipinski definition) is 3. The number of nitrogens with zero attached hydrogens (tertiary/aromatic N) is 1. The molecule has 3 fully saturated rings. The van der Waals surface area contributed by atoms with Crippen molar-refractivity contribution in [1.82, 2.24) is 10.2 Å². The van der Waals surface area contributed by atoms with E-state index >= 15 is 0 Å². The fourth-order valence-electron chi connectivity index (χ4n) is 6.38. The van der Waals surface area contributed by atoms with E-state index in [0.717, 1.165) is 56.9 Å². The molecule has 5 nitrogen and oxygen atoms in total. The van der Waals surface area contributed by atoms with Crippen molar-refractivity contribution in [3.63, 3.8) is 0 Å². The van der Waals surface area contributed by atoms with Crippen LogP contribution in [0.25, 0.3) is 0 Å². The summed E-state index contributed by atoms with van der Waals surface area (Å²) in [5.41, 5.74) is 1.13. The predicted octanol–water partition coefficient (Wildman–Crippen LogP) is 1.92. The smallest absolute Gasteiger partial charge is 0.172 e. The van der Waals surface area contributed by atoms with Crippen LogP contribution in [0.15, 0.2) is 10.5 Å². The minimum absolute atomic E-state index is 0.116. The number of hydrogen-bond acceptors (Lipinski definition) is 5. The molecule has 2 saturated heterocycles. The number of aliphatic hydroxyl groups is 1. The molecule has 5 aliphatic rings. The first-order chi connectivity index (χ1) is 12.5. The molecule has 1 aromatic carbocycles. The molecule has 3 N–H and O–H groups in total. The standard InChI is InChI=1S/C20H25BrN2O3/c21-13-7-12-8-14-20(25)3-5-22-9-15-19(20,16(12)18(26-15)17(13)24)4-6-23(14)10-11-1-2-11/h7,11,14-15,22,24-25H,1-6,8-10H2/t14-,15+,19-,20-/m1/s1. The van der Waals surface area contributed by atoms with Gasteiger partial charge in [0.15, 0.2) is 11.5 Å². The zero-order valence-corrected chi connectivity index (χ0v) is 16.4. The molecule has 1 spiro atoms. The van der Waals surface area contributed by atoms with Crippen molar-refractivity contribution in [2.24, 2.45) is 5.92 Å². The van der Waals surface area contributed by atoms with Gasteiger partial charge in [0, 0.05) is 24.7 Å². The normalized spacial score (nSPS) is 40.7. The average Bonchev–Trinajstić information content (AvgIpc) is 3.37. The highest BCUT2D eigenvalue weighted by atomic mass is 79.9. The minimum Gasteiger partial charge on any atom is -0.503 e. The van der Waals surface area contributed by atoms with Crippen molar-refractivity contribution < 1.29 is 14.9 Å². The summed E-state index contributed by atoms with van der Waals surface area (Å²) in [7, 11) is 0. The zero-order chi connectivity index (χ0) is 17.7. The van der Waals surface area contributed by atoms with E-state index in [9.17, 15) is 10.2 Å². The highest BCUT2D eigenvalue weighted by Crippen LogP contribution is 2.64. The largest absolute Gasteiger partial charge is 0.503 e. The lowest BCUT2D eigenvalue weighted by atomic mass is 9.52. The van der Waals surface area contributed by atoms with Gasteiger partial charge in [0.05, 0.1) is 15.5 Å². The molecule has 2 aliphatic carbocycles. The van der Waals surface area contributed by atoms with Crippen LogP contribution in [-0.4, -0.2) is 59.0 Å². The topological polar surface area (TPSA) is 65.0 Å². The van der Waals surface area contributed by atoms with E-state index in [1.807, 2.05) is 0 Å². The Morgan fingerprint density at radius 1 is 1.35 bits per heavy atom. The monoisotopic (exact) mass is 420 g/mol. The van der Waals surface area contributed by atoms with Gasteiger partial charge >= 0.3 is 0 Å². The molecule has 3 heterocycles. The molecule has 3 aliphatic heterocycles. The van der Waals surface area contributed by atoms with Crippen LogP contribution in [0.5, 0.6) is 11.5 Å². The van der Waals surface area contributed by atoms with Crippen molar-refractivity contribution in [2.45, 2.75) is 55.3 Å². The number of halogens is 1. The summed E-state index contributed by atoms with van der Waals surface area (Å²) < 4.78 is 7.04. The maximum Gasteiger partial charge on any atom is 0.172 e. The Bertz CT molecular complexity index is 798. The fraction of sp³-hybridized carbons (Fsp3) is 0.700. The number of benzene rings is 1. The lowest BCUT2D eigenvalue weighted by Gasteiger charge is -2.60. The van der Waals surface area contributed by atoms with Crippen molar-refractivity contribution in [3.05, 3.63) is 21.7 Å². The molecule has 4 atom stereocenters. The van der Waals surface area contributed by atoms with Gasteiger partial charge in [-0.1, -0.05) is 0 Å². The van der Waals surface area contributed by atoms with Crippen LogP contribution >= 0.6 is 15.9 Å². The van der Waals surface area contributed by atoms with Gasteiger partial charge in [0.2, 0.25) is 0 Å². The molecule has 6 heteroatoms. The van der Waals surface area contributed by atoms with Gasteiger partial charge in [-0.3, -0.25) is 4.90 Å². The lowest BCUT2D eigenvalue weighted by Crippen LogP contribution is -2.74. The molecular formula is C20H25BrN2O3. The Labute approximate surface area is 161 Å². The third kappa shape index (κ3) is 1.82. The molecule has 6 rings (SSSR count). The SMILES string of the molecule is Oc1c(Br)cc2c3c1O[C@H]1CNCC[C@@]4(O)[C@@H](C2)N(CC2CC2)CC[C@]314. The zero-order valence-electron chi connectivity index (χ0n) is 14.8. The molecule has 26 heavy (non-hydrogen) atoms. The van der Waals surface area contributed by atoms with Gasteiger partial charge in [-0.2, -0.15) is 0 Å². The van der Waals surface area contributed by atoms with Crippen LogP contribution in [0.3, 0.4) is 0 Å². The summed E-state index contributed by atoms with van der Waals surface area (Å²) in [4.78, 5) is 2.56. The average molecular weight is 421 g/mol. The lowest BCUT2D eigenvalue weighted by molar-refractivity contribution is -0.162. The first-order valence-electron chi connectivity index (χ1n) is 9.93. The summed E-state index contributed by atoms with van der Waals surface area (Å²) >= 11 is 3.51. The van der Waals surface area contributed by atoms with E-state index < -0.39 is 11.0 Å². The van der Waals surface area contributed by atoms with Gasteiger partial charge in [0.25, 0.3) is 0 Å². The summed E-state index contributed by atoms with van der Waals surface area (Å²) in [6, 6.07) is 2.20. The number of aromatic hydroxyl groups is 1. The van der Waals surface area contributed by atoms with E-state index in [2.05, 4.69) is 32.2 Å². The van der Waals surface area contributed by atoms with Gasteiger partial charge in [-0.15, -0.1) is 0 Å². The second-order valence-electron chi connectivity index (χ2n) is 8.93. The van der Waals surface area contributed by atoms with Crippen LogP contribution in [0.1, 0.15) is 36.8 Å². The Balaban J connectivity index is 1.58. The summed E-state index contributed by atoms with van der Waals surface area (Å²) in [5, 5.41) is 26.3. The number of phenols is 1. The van der Waals surface area contributed by atoms with Gasteiger partial charge in [0.1, 0.15) is 6.10 Å². The van der Waals surface area contributed by atoms with E-state index in [0.29, 0.717) is 10.2 Å². The van der Waals surface area contributed by atoms with E-state index in [4.69, 9.17) is 4.74 Å². The Kier molecular flexibility index (Phi) is 3.21. The Morgan fingerprint density at radius 2 is 2.19 bits per heavy atom. The van der Waals surface area contributed by atoms with Crippen LogP contribution in [0, 0.1) is 5.92 Å².